The van der Waals surface area contributed by atoms with Crippen LogP contribution < -0.4 is 11.3 Å². The van der Waals surface area contributed by atoms with Crippen LogP contribution in [0.3, 0.4) is 0 Å². The molecule has 0 aliphatic heterocycles. The topological polar surface area (TPSA) is 58.4 Å². The summed E-state index contributed by atoms with van der Waals surface area (Å²) >= 11 is 0. The number of rotatable bonds is 3. The van der Waals surface area contributed by atoms with Gasteiger partial charge in [-0.2, -0.15) is 0 Å². The van der Waals surface area contributed by atoms with Crippen LogP contribution in [-0.4, -0.2) is 29.9 Å². The van der Waals surface area contributed by atoms with Crippen molar-refractivity contribution < 1.29 is 4.79 Å². The van der Waals surface area contributed by atoms with Gasteiger partial charge in [-0.1, -0.05) is 13.8 Å². The molecule has 16 heavy (non-hydrogen) atoms. The summed E-state index contributed by atoms with van der Waals surface area (Å²) in [6.45, 7) is 6.54. The zero-order chi connectivity index (χ0) is 12.3. The number of hydrogen-bond donors (Lipinski definition) is 2. The second kappa shape index (κ2) is 5.15. The molecule has 0 aromatic carbocycles. The van der Waals surface area contributed by atoms with E-state index in [9.17, 15) is 4.79 Å². The lowest BCUT2D eigenvalue weighted by molar-refractivity contribution is -0.126. The van der Waals surface area contributed by atoms with Crippen molar-refractivity contribution in [3.05, 3.63) is 0 Å². The smallest absolute Gasteiger partial charge is 0.250 e. The molecular weight excluding hydrogens is 202 g/mol. The number of carbonyl (C=O) groups excluding carboxylic acids is 1. The van der Waals surface area contributed by atoms with E-state index in [4.69, 9.17) is 5.84 Å². The molecule has 1 rings (SSSR count). The summed E-state index contributed by atoms with van der Waals surface area (Å²) in [6.07, 6.45) is 4.81. The van der Waals surface area contributed by atoms with E-state index in [1.807, 2.05) is 14.0 Å². The average molecular weight is 227 g/mol. The van der Waals surface area contributed by atoms with Crippen LogP contribution in [0.2, 0.25) is 0 Å². The van der Waals surface area contributed by atoms with E-state index in [1.54, 1.807) is 0 Å². The summed E-state index contributed by atoms with van der Waals surface area (Å²) in [7, 11) is 2.02. The number of nitrogens with two attached hydrogens (primary N) is 1. The van der Waals surface area contributed by atoms with Crippen LogP contribution in [0.4, 0.5) is 0 Å². The zero-order valence-electron chi connectivity index (χ0n) is 10.9. The summed E-state index contributed by atoms with van der Waals surface area (Å²) in [5, 5.41) is 0. The van der Waals surface area contributed by atoms with Gasteiger partial charge in [0.1, 0.15) is 0 Å². The standard InChI is InChI=1S/C12H25N3O/c1-9(11(16)14-13)15(4)10-5-7-12(2,3)8-6-10/h9-10H,5-8,13H2,1-4H3,(H,14,16). The van der Waals surface area contributed by atoms with Crippen molar-refractivity contribution in [2.75, 3.05) is 7.05 Å². The molecule has 0 saturated heterocycles. The summed E-state index contributed by atoms with van der Waals surface area (Å²) in [5.74, 6) is 5.05. The first kappa shape index (κ1) is 13.5. The van der Waals surface area contributed by atoms with Crippen molar-refractivity contribution >= 4 is 5.91 Å². The molecule has 1 unspecified atom stereocenters. The molecule has 1 amide bonds. The van der Waals surface area contributed by atoms with Gasteiger partial charge < -0.3 is 0 Å². The first-order chi connectivity index (χ1) is 7.37. The number of amides is 1. The maximum atomic E-state index is 11.4. The number of hydrazine groups is 1. The first-order valence-electron chi connectivity index (χ1n) is 6.10. The predicted octanol–water partition coefficient (Wildman–Crippen LogP) is 1.27. The van der Waals surface area contributed by atoms with Crippen LogP contribution in [0.1, 0.15) is 46.5 Å². The van der Waals surface area contributed by atoms with Crippen LogP contribution in [0.5, 0.6) is 0 Å². The SMILES string of the molecule is CC(C(=O)NN)N(C)C1CCC(C)(C)CC1. The van der Waals surface area contributed by atoms with E-state index in [1.165, 1.54) is 25.7 Å². The van der Waals surface area contributed by atoms with Gasteiger partial charge in [0.25, 0.3) is 5.91 Å². The van der Waals surface area contributed by atoms with Crippen molar-refractivity contribution in [3.63, 3.8) is 0 Å². The number of hydrogen-bond acceptors (Lipinski definition) is 3. The average Bonchev–Trinajstić information content (AvgIpc) is 2.26. The quantitative estimate of drug-likeness (QED) is 0.433. The minimum absolute atomic E-state index is 0.104. The van der Waals surface area contributed by atoms with Crippen molar-refractivity contribution in [1.29, 1.82) is 0 Å². The van der Waals surface area contributed by atoms with Crippen molar-refractivity contribution in [2.24, 2.45) is 11.3 Å². The van der Waals surface area contributed by atoms with Gasteiger partial charge in [0.05, 0.1) is 6.04 Å². The molecule has 0 radical (unpaired) electrons. The molecule has 0 aromatic rings. The molecule has 0 bridgehead atoms. The van der Waals surface area contributed by atoms with Crippen LogP contribution in [0.25, 0.3) is 0 Å². The van der Waals surface area contributed by atoms with Gasteiger partial charge in [0, 0.05) is 6.04 Å². The van der Waals surface area contributed by atoms with Gasteiger partial charge in [0.2, 0.25) is 0 Å². The van der Waals surface area contributed by atoms with E-state index >= 15 is 0 Å². The molecular formula is C12H25N3O. The normalized spacial score (nSPS) is 23.1. The highest BCUT2D eigenvalue weighted by Gasteiger charge is 2.31. The molecule has 94 valence electrons. The monoisotopic (exact) mass is 227 g/mol. The number of nitrogens with one attached hydrogen (secondary N) is 1. The number of carbonyl (C=O) groups is 1. The van der Waals surface area contributed by atoms with Gasteiger partial charge in [-0.05, 0) is 45.1 Å². The molecule has 1 saturated carbocycles. The summed E-state index contributed by atoms with van der Waals surface area (Å²) < 4.78 is 0. The van der Waals surface area contributed by atoms with Crippen LogP contribution >= 0.6 is 0 Å². The third-order valence-electron chi connectivity index (χ3n) is 4.02. The molecule has 1 aliphatic rings. The maximum absolute atomic E-state index is 11.4. The van der Waals surface area contributed by atoms with Crippen molar-refractivity contribution in [3.8, 4) is 0 Å². The van der Waals surface area contributed by atoms with E-state index < -0.39 is 0 Å². The van der Waals surface area contributed by atoms with Gasteiger partial charge in [-0.3, -0.25) is 15.1 Å². The highest BCUT2D eigenvalue weighted by atomic mass is 16.2. The van der Waals surface area contributed by atoms with E-state index in [-0.39, 0.29) is 11.9 Å². The van der Waals surface area contributed by atoms with Crippen molar-refractivity contribution in [2.45, 2.75) is 58.5 Å². The fourth-order valence-electron chi connectivity index (χ4n) is 2.41. The van der Waals surface area contributed by atoms with Gasteiger partial charge in [-0.25, -0.2) is 5.84 Å². The molecule has 1 aliphatic carbocycles. The molecule has 1 atom stereocenters. The van der Waals surface area contributed by atoms with Gasteiger partial charge in [0.15, 0.2) is 0 Å². The highest BCUT2D eigenvalue weighted by molar-refractivity contribution is 5.80. The van der Waals surface area contributed by atoms with Gasteiger partial charge in [-0.15, -0.1) is 0 Å². The third kappa shape index (κ3) is 3.19. The largest absolute Gasteiger partial charge is 0.293 e. The predicted molar refractivity (Wildman–Crippen MR) is 65.6 cm³/mol. The second-order valence-corrected chi connectivity index (χ2v) is 5.75. The minimum Gasteiger partial charge on any atom is -0.293 e. The molecule has 0 aromatic heterocycles. The van der Waals surface area contributed by atoms with E-state index in [0.717, 1.165) is 0 Å². The Bertz CT molecular complexity index is 243. The van der Waals surface area contributed by atoms with E-state index in [2.05, 4.69) is 24.2 Å². The Morgan fingerprint density at radius 1 is 1.44 bits per heavy atom. The molecule has 1 fully saturated rings. The van der Waals surface area contributed by atoms with Crippen LogP contribution in [0.15, 0.2) is 0 Å². The Kier molecular flexibility index (Phi) is 4.33. The molecule has 3 N–H and O–H groups in total. The molecule has 4 heteroatoms. The fourth-order valence-corrected chi connectivity index (χ4v) is 2.41. The highest BCUT2D eigenvalue weighted by Crippen LogP contribution is 2.36. The first-order valence-corrected chi connectivity index (χ1v) is 6.10. The van der Waals surface area contributed by atoms with Crippen LogP contribution in [0, 0.1) is 5.41 Å². The zero-order valence-corrected chi connectivity index (χ0v) is 10.9. The molecule has 0 heterocycles. The lowest BCUT2D eigenvalue weighted by atomic mass is 9.75. The Morgan fingerprint density at radius 2 is 1.94 bits per heavy atom. The second-order valence-electron chi connectivity index (χ2n) is 5.75. The Labute approximate surface area is 98.5 Å². The maximum Gasteiger partial charge on any atom is 0.250 e. The number of likely N-dealkylation sites (N-methyl/N-ethyl adjacent to an activating group) is 1. The van der Waals surface area contributed by atoms with Gasteiger partial charge >= 0.3 is 0 Å². The number of nitrogens with zero attached hydrogens (tertiary/aromatic N) is 1. The van der Waals surface area contributed by atoms with Crippen LogP contribution in [-0.2, 0) is 4.79 Å². The molecule has 4 nitrogen and oxygen atoms in total. The minimum atomic E-state index is -0.142. The lowest BCUT2D eigenvalue weighted by Gasteiger charge is -2.40. The third-order valence-corrected chi connectivity index (χ3v) is 4.02. The molecule has 0 spiro atoms. The summed E-state index contributed by atoms with van der Waals surface area (Å²) in [6, 6.07) is 0.372. The summed E-state index contributed by atoms with van der Waals surface area (Å²) in [5.41, 5.74) is 2.69. The Morgan fingerprint density at radius 3 is 2.38 bits per heavy atom. The van der Waals surface area contributed by atoms with E-state index in [0.29, 0.717) is 11.5 Å². The Balaban J connectivity index is 2.50. The summed E-state index contributed by atoms with van der Waals surface area (Å²) in [4.78, 5) is 13.6. The Hall–Kier alpha value is -0.610. The fraction of sp³-hybridized carbons (Fsp3) is 0.917. The van der Waals surface area contributed by atoms with Crippen molar-refractivity contribution in [1.82, 2.24) is 10.3 Å². The lowest BCUT2D eigenvalue weighted by Crippen LogP contribution is -2.50.